The standard InChI is InChI=1S/C50H54N2O13/c1-24-14-13-15-25(2)49(59)52-40-44(57)37-36(39-47(40)64-35-22-32(18-19-33(35)51-39)61-23-31-16-11-10-12-17-31)38-46(29(6)43(37)56)65-50(8,48(38)58)62-21-20-34(60-9)26(3)45(63-30(7)53)28(5)42(55)27(4)41(24)54/h10-22,24,26-28,34,41-42,45,54-56H,23H2,1-9H3,(H,52,59)/b14-13+,21-20+,25-15-/t24-,26+,27+,28+,34-,41-,42+,45+,50-/m0/s1. The smallest absolute Gasteiger partial charge is 0.312 e. The van der Waals surface area contributed by atoms with Gasteiger partial charge in [0.15, 0.2) is 11.3 Å². The van der Waals surface area contributed by atoms with E-state index < -0.39 is 82.7 Å². The number of ether oxygens (including phenoxy) is 5. The number of aliphatic hydroxyl groups is 2. The Morgan fingerprint density at radius 3 is 2.35 bits per heavy atom. The summed E-state index contributed by atoms with van der Waals surface area (Å²) in [5.74, 6) is -6.89. The number of hydrogen-bond donors (Lipinski definition) is 4. The Balaban J connectivity index is 1.42. The van der Waals surface area contributed by atoms with E-state index >= 15 is 0 Å². The zero-order valence-electron chi connectivity index (χ0n) is 37.7. The summed E-state index contributed by atoms with van der Waals surface area (Å²) in [6.07, 6.45) is 3.56. The van der Waals surface area contributed by atoms with Crippen LogP contribution in [0.4, 0.5) is 5.69 Å². The summed E-state index contributed by atoms with van der Waals surface area (Å²) in [6.45, 7) is 12.8. The molecule has 15 heteroatoms. The molecule has 1 aliphatic carbocycles. The molecule has 0 radical (unpaired) electrons. The molecule has 0 saturated carbocycles. The van der Waals surface area contributed by atoms with Gasteiger partial charge in [0.1, 0.15) is 46.9 Å². The van der Waals surface area contributed by atoms with Crippen LogP contribution in [0, 0.1) is 30.6 Å². The summed E-state index contributed by atoms with van der Waals surface area (Å²) >= 11 is 0. The van der Waals surface area contributed by atoms with Gasteiger partial charge in [0.25, 0.3) is 11.7 Å². The monoisotopic (exact) mass is 890 g/mol. The van der Waals surface area contributed by atoms with Crippen LogP contribution in [0.25, 0.3) is 33.3 Å². The molecule has 3 aromatic rings. The van der Waals surface area contributed by atoms with Gasteiger partial charge in [-0.1, -0.05) is 76.3 Å². The quantitative estimate of drug-likeness (QED) is 0.0763. The number of nitrogens with one attached hydrogen (secondary N) is 1. The highest BCUT2D eigenvalue weighted by Gasteiger charge is 2.50. The first-order valence-corrected chi connectivity index (χ1v) is 21.4. The van der Waals surface area contributed by atoms with Gasteiger partial charge in [-0.3, -0.25) is 19.2 Å². The van der Waals surface area contributed by atoms with E-state index in [0.29, 0.717) is 11.3 Å². The fourth-order valence-corrected chi connectivity index (χ4v) is 8.61. The number of nitrogens with zero attached hydrogens (tertiary/aromatic N) is 1. The van der Waals surface area contributed by atoms with Crippen molar-refractivity contribution in [1.29, 1.82) is 0 Å². The Morgan fingerprint density at radius 1 is 0.938 bits per heavy atom. The zero-order chi connectivity index (χ0) is 47.1. The van der Waals surface area contributed by atoms with E-state index in [4.69, 9.17) is 33.1 Å². The first-order chi connectivity index (χ1) is 30.9. The average molecular weight is 891 g/mol. The Labute approximate surface area is 375 Å². The second kappa shape index (κ2) is 18.5. The molecule has 4 N–H and O–H groups in total. The van der Waals surface area contributed by atoms with Crippen LogP contribution < -0.4 is 20.2 Å². The van der Waals surface area contributed by atoms with Gasteiger partial charge in [0.05, 0.1) is 35.5 Å². The molecule has 4 aliphatic rings. The van der Waals surface area contributed by atoms with E-state index in [1.54, 1.807) is 58.0 Å². The first-order valence-electron chi connectivity index (χ1n) is 21.4. The predicted octanol–water partition coefficient (Wildman–Crippen LogP) is 7.53. The van der Waals surface area contributed by atoms with Gasteiger partial charge < -0.3 is 48.7 Å². The topological polar surface area (TPSA) is 213 Å². The molecule has 342 valence electrons. The van der Waals surface area contributed by atoms with Crippen molar-refractivity contribution in [3.05, 3.63) is 112 Å². The van der Waals surface area contributed by atoms with Crippen molar-refractivity contribution in [2.24, 2.45) is 23.7 Å². The number of carbonyl (C=O) groups excluding carboxylic acids is 3. The highest BCUT2D eigenvalue weighted by molar-refractivity contribution is 6.22. The lowest BCUT2D eigenvalue weighted by molar-refractivity contribution is -0.160. The van der Waals surface area contributed by atoms with Crippen LogP contribution in [0.15, 0.2) is 93.9 Å². The maximum absolute atomic E-state index is 14.8. The maximum Gasteiger partial charge on any atom is 0.312 e. The van der Waals surface area contributed by atoms with Gasteiger partial charge >= 0.3 is 11.8 Å². The number of fused-ring (bicyclic) bond motifs is 2. The molecule has 0 unspecified atom stereocenters. The first kappa shape index (κ1) is 46.4. The van der Waals surface area contributed by atoms with E-state index in [-0.39, 0.29) is 62.6 Å². The fraction of sp³-hybridized carbons (Fsp3) is 0.380. The third-order valence-corrected chi connectivity index (χ3v) is 12.6. The Bertz CT molecular complexity index is 2780. The molecule has 65 heavy (non-hydrogen) atoms. The van der Waals surface area contributed by atoms with Gasteiger partial charge in [-0.05, 0) is 37.6 Å². The number of amides is 1. The van der Waals surface area contributed by atoms with Crippen molar-refractivity contribution >= 4 is 45.2 Å². The molecule has 3 heterocycles. The minimum absolute atomic E-state index is 0.0299. The second-order valence-corrected chi connectivity index (χ2v) is 17.1. The van der Waals surface area contributed by atoms with Crippen molar-refractivity contribution in [3.8, 4) is 28.7 Å². The number of methoxy groups -OCH3 is 1. The van der Waals surface area contributed by atoms with Crippen molar-refractivity contribution in [2.45, 2.75) is 92.2 Å². The summed E-state index contributed by atoms with van der Waals surface area (Å²) in [6, 6.07) is 14.5. The number of ketones is 1. The van der Waals surface area contributed by atoms with Crippen molar-refractivity contribution < 1.29 is 57.8 Å². The lowest BCUT2D eigenvalue weighted by Gasteiger charge is -2.38. The van der Waals surface area contributed by atoms with Crippen molar-refractivity contribution in [2.75, 3.05) is 12.4 Å². The van der Waals surface area contributed by atoms with Gasteiger partial charge in [-0.25, -0.2) is 4.98 Å². The van der Waals surface area contributed by atoms with Gasteiger partial charge in [-0.2, -0.15) is 0 Å². The Hall–Kier alpha value is -6.55. The van der Waals surface area contributed by atoms with Crippen molar-refractivity contribution in [3.63, 3.8) is 0 Å². The lowest BCUT2D eigenvalue weighted by Crippen LogP contribution is -2.46. The number of Topliss-reactive ketones (excluding diaryl/α,β-unsaturated/α-hetero) is 1. The number of esters is 1. The SMILES string of the molecule is CO[C@H]1/C=C/O[C@@]2(C)Oc3c(C)c(O)c4c(=O)c(c5oc6cc(OCc7ccccc7)ccc6nc-5c4c3C2=O)NC(=O)/C(C)=C\C=C\[C@H](C)[C@H](O)[C@@H](C)[C@@H](O)[C@@H](C)[C@H](OC(C)=O)[C@@H]1C. The molecule has 15 nitrogen and oxygen atoms in total. The molecule has 0 fully saturated rings. The minimum Gasteiger partial charge on any atom is -0.507 e. The second-order valence-electron chi connectivity index (χ2n) is 17.1. The molecule has 1 amide bonds. The molecule has 3 aromatic carbocycles. The molecule has 0 spiro atoms. The third kappa shape index (κ3) is 8.83. The Morgan fingerprint density at radius 2 is 1.66 bits per heavy atom. The number of anilines is 1. The van der Waals surface area contributed by atoms with E-state index in [1.165, 1.54) is 53.2 Å². The molecular formula is C50H54N2O13. The van der Waals surface area contributed by atoms with Crippen LogP contribution in [0.1, 0.15) is 70.0 Å². The summed E-state index contributed by atoms with van der Waals surface area (Å²) in [4.78, 5) is 60.7. The normalized spacial score (nSPS) is 28.3. The van der Waals surface area contributed by atoms with Crippen LogP contribution in [-0.2, 0) is 30.4 Å². The largest absolute Gasteiger partial charge is 0.507 e. The number of benzene rings is 4. The molecule has 0 aromatic heterocycles. The number of allylic oxidation sites excluding steroid dienone is 2. The number of phenols is 1. The van der Waals surface area contributed by atoms with Crippen LogP contribution in [0.2, 0.25) is 0 Å². The predicted molar refractivity (Wildman–Crippen MR) is 242 cm³/mol. The molecule has 0 saturated heterocycles. The Kier molecular flexibility index (Phi) is 13.2. The summed E-state index contributed by atoms with van der Waals surface area (Å²) in [5, 5.41) is 37.1. The van der Waals surface area contributed by atoms with E-state index in [0.717, 1.165) is 5.56 Å². The van der Waals surface area contributed by atoms with E-state index in [2.05, 4.69) is 5.32 Å². The number of phenolic OH excluding ortho intramolecular Hbond substituents is 1. The maximum atomic E-state index is 14.8. The number of aliphatic hydroxyl groups excluding tert-OH is 2. The molecule has 7 rings (SSSR count). The molecule has 3 aliphatic heterocycles. The number of aromatic hydroxyl groups is 1. The summed E-state index contributed by atoms with van der Waals surface area (Å²) in [5.41, 5.74) is 0.295. The van der Waals surface area contributed by atoms with Gasteiger partial charge in [0.2, 0.25) is 5.43 Å². The van der Waals surface area contributed by atoms with E-state index in [9.17, 15) is 34.5 Å². The van der Waals surface area contributed by atoms with Crippen LogP contribution >= 0.6 is 0 Å². The number of rotatable bonds is 5. The number of aromatic nitrogens is 1. The lowest BCUT2D eigenvalue weighted by atomic mass is 9.78. The number of hydrogen-bond acceptors (Lipinski definition) is 14. The third-order valence-electron chi connectivity index (χ3n) is 12.6. The number of carbonyl (C=O) groups is 3. The van der Waals surface area contributed by atoms with Crippen LogP contribution in [0.3, 0.4) is 0 Å². The van der Waals surface area contributed by atoms with E-state index in [1.807, 2.05) is 30.3 Å². The summed E-state index contributed by atoms with van der Waals surface area (Å²) < 4.78 is 36.4. The minimum atomic E-state index is -2.04. The summed E-state index contributed by atoms with van der Waals surface area (Å²) in [7, 11) is 1.44. The molecule has 4 bridgehead atoms. The average Bonchev–Trinajstić information content (AvgIpc) is 3.55. The van der Waals surface area contributed by atoms with Crippen LogP contribution in [-0.4, -0.2) is 75.3 Å². The van der Waals surface area contributed by atoms with Crippen molar-refractivity contribution in [1.82, 2.24) is 4.98 Å². The molecular weight excluding hydrogens is 837 g/mol. The highest BCUT2D eigenvalue weighted by Crippen LogP contribution is 2.50. The van der Waals surface area contributed by atoms with Gasteiger partial charge in [-0.15, -0.1) is 0 Å². The zero-order valence-corrected chi connectivity index (χ0v) is 37.7. The van der Waals surface area contributed by atoms with Crippen LogP contribution in [0.5, 0.6) is 17.2 Å². The van der Waals surface area contributed by atoms with Gasteiger partial charge in [0, 0.05) is 67.2 Å². The highest BCUT2D eigenvalue weighted by atomic mass is 16.7. The fourth-order valence-electron chi connectivity index (χ4n) is 8.61. The molecule has 9 atom stereocenters.